The van der Waals surface area contributed by atoms with Crippen LogP contribution in [0.4, 0.5) is 0 Å². The molecule has 1 atom stereocenters. The summed E-state index contributed by atoms with van der Waals surface area (Å²) >= 11 is 1.99. The van der Waals surface area contributed by atoms with E-state index in [2.05, 4.69) is 93.1 Å². The number of hydrogen-bond acceptors (Lipinski definition) is 1. The van der Waals surface area contributed by atoms with Gasteiger partial charge in [-0.1, -0.05) is 67.6 Å². The first kappa shape index (κ1) is 18.0. The minimum atomic E-state index is -0.480. The van der Waals surface area contributed by atoms with Gasteiger partial charge in [0.25, 0.3) is 0 Å². The summed E-state index contributed by atoms with van der Waals surface area (Å²) in [6, 6.07) is 22.0. The maximum atomic E-state index is 2.34. The predicted molar refractivity (Wildman–Crippen MR) is 111 cm³/mol. The lowest BCUT2D eigenvalue weighted by atomic mass is 10.00. The van der Waals surface area contributed by atoms with E-state index in [0.717, 1.165) is 0 Å². The molecule has 0 heterocycles. The summed E-state index contributed by atoms with van der Waals surface area (Å²) in [6.07, 6.45) is 11.5. The van der Waals surface area contributed by atoms with Gasteiger partial charge in [-0.05, 0) is 62.8 Å². The normalized spacial score (nSPS) is 17.5. The average Bonchev–Trinajstić information content (AvgIpc) is 3.09. The molecule has 2 aromatic rings. The molecule has 0 aliphatic heterocycles. The highest BCUT2D eigenvalue weighted by Gasteiger charge is 2.37. The average molecular weight is 351 g/mol. The molecule has 0 N–H and O–H groups in total. The Balaban J connectivity index is 1.90. The van der Waals surface area contributed by atoms with Crippen molar-refractivity contribution in [2.45, 2.75) is 25.0 Å². The molecule has 123 valence electrons. The zero-order valence-corrected chi connectivity index (χ0v) is 16.1. The van der Waals surface area contributed by atoms with Crippen molar-refractivity contribution in [2.24, 2.45) is 0 Å². The molecule has 0 amide bonds. The maximum absolute atomic E-state index is 2.34. The van der Waals surface area contributed by atoms with Crippen LogP contribution in [0.15, 0.2) is 60.7 Å². The maximum Gasteiger partial charge on any atom is 0.0195 e. The van der Waals surface area contributed by atoms with E-state index in [1.807, 2.05) is 11.8 Å². The van der Waals surface area contributed by atoms with E-state index in [-0.39, 0.29) is 0 Å². The summed E-state index contributed by atoms with van der Waals surface area (Å²) in [5.74, 6) is 1.52. The third kappa shape index (κ3) is 4.24. The van der Waals surface area contributed by atoms with Crippen LogP contribution in [-0.2, 0) is 0 Å². The Morgan fingerprint density at radius 2 is 1.46 bits per heavy atom. The zero-order valence-electron chi connectivity index (χ0n) is 14.4. The second-order valence-electron chi connectivity index (χ2n) is 5.91. The highest BCUT2D eigenvalue weighted by Crippen LogP contribution is 2.57. The van der Waals surface area contributed by atoms with E-state index in [1.165, 1.54) is 35.0 Å². The third-order valence-corrected chi connectivity index (χ3v) is 8.10. The molecule has 24 heavy (non-hydrogen) atoms. The molecule has 0 bridgehead atoms. The van der Waals surface area contributed by atoms with Crippen molar-refractivity contribution in [1.29, 1.82) is 0 Å². The zero-order chi connectivity index (χ0) is 16.8. The first-order chi connectivity index (χ1) is 11.8. The van der Waals surface area contributed by atoms with Gasteiger partial charge in [0.15, 0.2) is 0 Å². The Labute approximate surface area is 153 Å². The van der Waals surface area contributed by atoms with Gasteiger partial charge in [-0.25, -0.2) is 0 Å². The first-order valence-corrected chi connectivity index (χ1v) is 11.1. The number of rotatable bonds is 7. The predicted octanol–water partition coefficient (Wildman–Crippen LogP) is 5.38. The van der Waals surface area contributed by atoms with Crippen molar-refractivity contribution in [3.63, 3.8) is 0 Å². The van der Waals surface area contributed by atoms with Crippen LogP contribution in [0.1, 0.15) is 19.8 Å². The van der Waals surface area contributed by atoms with E-state index in [9.17, 15) is 0 Å². The highest BCUT2D eigenvalue weighted by molar-refractivity contribution is 7.99. The van der Waals surface area contributed by atoms with Crippen LogP contribution in [0.2, 0.25) is 0 Å². The molecular weight excluding hydrogens is 327 g/mol. The van der Waals surface area contributed by atoms with Crippen LogP contribution < -0.4 is 10.6 Å². The van der Waals surface area contributed by atoms with Crippen LogP contribution in [0.25, 0.3) is 0 Å². The van der Waals surface area contributed by atoms with Gasteiger partial charge in [0.05, 0.1) is 0 Å². The molecule has 0 unspecified atom stereocenters. The Morgan fingerprint density at radius 1 is 0.875 bits per heavy atom. The topological polar surface area (TPSA) is 0 Å². The van der Waals surface area contributed by atoms with Gasteiger partial charge < -0.3 is 0 Å². The lowest BCUT2D eigenvalue weighted by Crippen LogP contribution is -2.20. The Hall–Kier alpha value is -0.780. The van der Waals surface area contributed by atoms with Gasteiger partial charge in [0.2, 0.25) is 0 Å². The Kier molecular flexibility index (Phi) is 6.81. The molecule has 2 aromatic carbocycles. The van der Waals surface area contributed by atoms with Gasteiger partial charge in [0, 0.05) is 10.9 Å². The highest BCUT2D eigenvalue weighted by atomic mass is 32.2. The Morgan fingerprint density at radius 3 is 1.96 bits per heavy atom. The van der Waals surface area contributed by atoms with Crippen molar-refractivity contribution < 1.29 is 0 Å². The van der Waals surface area contributed by atoms with Gasteiger partial charge in [0.1, 0.15) is 0 Å². The van der Waals surface area contributed by atoms with Crippen LogP contribution in [0.3, 0.4) is 0 Å². The lowest BCUT2D eigenvalue weighted by molar-refractivity contribution is 0.773. The van der Waals surface area contributed by atoms with Gasteiger partial charge >= 0.3 is 0 Å². The van der Waals surface area contributed by atoms with Crippen molar-refractivity contribution in [3.05, 3.63) is 91.5 Å². The molecule has 3 rings (SSSR count). The van der Waals surface area contributed by atoms with Crippen LogP contribution in [0.5, 0.6) is 0 Å². The van der Waals surface area contributed by atoms with E-state index in [0.29, 0.717) is 5.25 Å². The van der Waals surface area contributed by atoms with E-state index < -0.39 is 7.92 Å². The molecular formula is C22H24PS. The van der Waals surface area contributed by atoms with Crippen molar-refractivity contribution in [1.82, 2.24) is 0 Å². The molecule has 1 fully saturated rings. The Bertz CT molecular complexity index is 554. The van der Waals surface area contributed by atoms with Gasteiger partial charge in [-0.2, -0.15) is 11.8 Å². The summed E-state index contributed by atoms with van der Waals surface area (Å²) in [4.78, 5) is 0. The number of thioether (sulfide) groups is 1. The summed E-state index contributed by atoms with van der Waals surface area (Å²) in [5.41, 5.74) is 1.52. The fourth-order valence-corrected chi connectivity index (χ4v) is 6.22. The van der Waals surface area contributed by atoms with Crippen molar-refractivity contribution in [3.8, 4) is 0 Å². The minimum absolute atomic E-state index is 0.480. The summed E-state index contributed by atoms with van der Waals surface area (Å²) in [6.45, 7) is 2.29. The lowest BCUT2D eigenvalue weighted by Gasteiger charge is -2.30. The summed E-state index contributed by atoms with van der Waals surface area (Å²) in [5, 5.41) is 3.57. The molecule has 1 saturated carbocycles. The van der Waals surface area contributed by atoms with E-state index in [1.54, 1.807) is 0 Å². The third-order valence-electron chi connectivity index (χ3n) is 4.39. The molecule has 1 aliphatic carbocycles. The minimum Gasteiger partial charge on any atom is -0.162 e. The fourth-order valence-electron chi connectivity index (χ4n) is 3.06. The quantitative estimate of drug-likeness (QED) is 0.603. The number of benzene rings is 2. The summed E-state index contributed by atoms with van der Waals surface area (Å²) < 4.78 is 0. The number of hydrogen-bond donors (Lipinski definition) is 0. The van der Waals surface area contributed by atoms with Crippen LogP contribution >= 0.6 is 19.7 Å². The smallest absolute Gasteiger partial charge is 0.0195 e. The molecule has 0 nitrogen and oxygen atoms in total. The molecule has 0 aromatic heterocycles. The standard InChI is InChI=1S/C22H24PS/c1-3-21(24-2)17-18-11-10-16-22(18)23(19-12-6-4-7-13-19)20-14-8-5-9-15-20/h4-16,21H,3,17H2,1-2H3/t21-/m1/s1. The summed E-state index contributed by atoms with van der Waals surface area (Å²) in [7, 11) is -0.480. The second-order valence-corrected chi connectivity index (χ2v) is 9.24. The van der Waals surface area contributed by atoms with Gasteiger partial charge in [-0.3, -0.25) is 0 Å². The molecule has 0 spiro atoms. The van der Waals surface area contributed by atoms with E-state index in [4.69, 9.17) is 0 Å². The molecule has 5 radical (unpaired) electrons. The van der Waals surface area contributed by atoms with Crippen molar-refractivity contribution in [2.75, 3.05) is 6.26 Å². The first-order valence-electron chi connectivity index (χ1n) is 8.51. The van der Waals surface area contributed by atoms with Crippen LogP contribution in [-0.4, -0.2) is 11.5 Å². The van der Waals surface area contributed by atoms with Crippen LogP contribution in [0, 0.1) is 30.8 Å². The molecule has 0 saturated heterocycles. The molecule has 2 heteroatoms. The van der Waals surface area contributed by atoms with E-state index >= 15 is 0 Å². The molecule has 1 aliphatic rings. The second kappa shape index (κ2) is 9.07. The SMILES string of the molecule is CC[C@H](C[C]1[CH][CH][CH][C]1P(c1ccccc1)c1ccccc1)SC. The largest absolute Gasteiger partial charge is 0.162 e. The van der Waals surface area contributed by atoms with Crippen molar-refractivity contribution >= 4 is 30.3 Å². The fraction of sp³-hybridized carbons (Fsp3) is 0.227. The van der Waals surface area contributed by atoms with Gasteiger partial charge in [-0.15, -0.1) is 0 Å². The monoisotopic (exact) mass is 351 g/mol.